The molecule has 0 unspecified atom stereocenters. The van der Waals surface area contributed by atoms with Gasteiger partial charge >= 0.3 is 0 Å². The molecule has 0 radical (unpaired) electrons. The number of fused-ring (bicyclic) bond motifs is 1. The normalized spacial score (nSPS) is 13.8. The number of hydrogen-bond acceptors (Lipinski definition) is 7. The maximum atomic E-state index is 9.64. The molecule has 1 aliphatic rings. The van der Waals surface area contributed by atoms with Crippen LogP contribution in [0.15, 0.2) is 42.6 Å². The zero-order chi connectivity index (χ0) is 22.0. The van der Waals surface area contributed by atoms with E-state index in [1.807, 2.05) is 12.1 Å². The van der Waals surface area contributed by atoms with Gasteiger partial charge in [-0.05, 0) is 42.0 Å². The standard InChI is InChI=1S/C23H22ClN5O2/c1-23(2)13-27-21-15(12-25)9-14(10-17(21)23)18-5-6-26-22(28-18)29-19-11-16(24)3-4-20(19)31-8-7-30/h3-6,9-11,27,30H,7-8,13H2,1-2H3,(H,26,28,29). The summed E-state index contributed by atoms with van der Waals surface area (Å²) in [5, 5.41) is 25.7. The number of anilines is 3. The quantitative estimate of drug-likeness (QED) is 0.524. The van der Waals surface area contributed by atoms with E-state index in [0.717, 1.165) is 23.4 Å². The summed E-state index contributed by atoms with van der Waals surface area (Å²) in [6, 6.07) is 13.2. The molecular weight excluding hydrogens is 414 g/mol. The molecule has 2 heterocycles. The third-order valence-corrected chi connectivity index (χ3v) is 5.42. The van der Waals surface area contributed by atoms with Gasteiger partial charge in [-0.1, -0.05) is 25.4 Å². The van der Waals surface area contributed by atoms with Gasteiger partial charge in [0.15, 0.2) is 0 Å². The van der Waals surface area contributed by atoms with E-state index in [0.29, 0.717) is 33.7 Å². The van der Waals surface area contributed by atoms with Gasteiger partial charge in [-0.3, -0.25) is 0 Å². The number of halogens is 1. The molecule has 4 rings (SSSR count). The van der Waals surface area contributed by atoms with Crippen LogP contribution in [0.25, 0.3) is 11.3 Å². The molecular formula is C23H22ClN5O2. The summed E-state index contributed by atoms with van der Waals surface area (Å²) in [5.41, 5.74) is 4.65. The fourth-order valence-corrected chi connectivity index (χ4v) is 3.76. The lowest BCUT2D eigenvalue weighted by molar-refractivity contribution is 0.202. The van der Waals surface area contributed by atoms with Crippen LogP contribution in [0.3, 0.4) is 0 Å². The van der Waals surface area contributed by atoms with Crippen molar-refractivity contribution in [3.05, 3.63) is 58.7 Å². The van der Waals surface area contributed by atoms with E-state index in [1.165, 1.54) is 0 Å². The highest BCUT2D eigenvalue weighted by molar-refractivity contribution is 6.31. The monoisotopic (exact) mass is 435 g/mol. The summed E-state index contributed by atoms with van der Waals surface area (Å²) in [7, 11) is 0. The highest BCUT2D eigenvalue weighted by atomic mass is 35.5. The van der Waals surface area contributed by atoms with Crippen LogP contribution in [-0.2, 0) is 5.41 Å². The minimum atomic E-state index is -0.0984. The number of rotatable bonds is 6. The summed E-state index contributed by atoms with van der Waals surface area (Å²) >= 11 is 6.14. The van der Waals surface area contributed by atoms with E-state index < -0.39 is 0 Å². The number of ether oxygens (including phenoxy) is 1. The number of nitriles is 1. The van der Waals surface area contributed by atoms with E-state index in [1.54, 1.807) is 24.4 Å². The van der Waals surface area contributed by atoms with E-state index in [4.69, 9.17) is 21.4 Å². The summed E-state index contributed by atoms with van der Waals surface area (Å²) in [6.45, 7) is 5.14. The van der Waals surface area contributed by atoms with Gasteiger partial charge in [-0.2, -0.15) is 5.26 Å². The van der Waals surface area contributed by atoms with Gasteiger partial charge in [0.1, 0.15) is 18.4 Å². The van der Waals surface area contributed by atoms with E-state index in [-0.39, 0.29) is 18.6 Å². The molecule has 3 aromatic rings. The minimum Gasteiger partial charge on any atom is -0.489 e. The van der Waals surface area contributed by atoms with Gasteiger partial charge in [0.05, 0.1) is 29.2 Å². The largest absolute Gasteiger partial charge is 0.489 e. The number of hydrogen-bond donors (Lipinski definition) is 3. The van der Waals surface area contributed by atoms with Crippen molar-refractivity contribution in [2.75, 3.05) is 30.4 Å². The highest BCUT2D eigenvalue weighted by Gasteiger charge is 2.32. The summed E-state index contributed by atoms with van der Waals surface area (Å²) in [5.74, 6) is 0.898. The van der Waals surface area contributed by atoms with Gasteiger partial charge in [0, 0.05) is 28.7 Å². The van der Waals surface area contributed by atoms with Gasteiger partial charge < -0.3 is 20.5 Å². The average Bonchev–Trinajstić information content (AvgIpc) is 3.07. The van der Waals surface area contributed by atoms with Crippen molar-refractivity contribution in [2.45, 2.75) is 19.3 Å². The topological polar surface area (TPSA) is 103 Å². The van der Waals surface area contributed by atoms with Crippen LogP contribution in [0.4, 0.5) is 17.3 Å². The van der Waals surface area contributed by atoms with Crippen molar-refractivity contribution in [1.82, 2.24) is 9.97 Å². The molecule has 0 fully saturated rings. The lowest BCUT2D eigenvalue weighted by atomic mass is 9.85. The predicted octanol–water partition coefficient (Wildman–Crippen LogP) is 4.49. The lowest BCUT2D eigenvalue weighted by Crippen LogP contribution is -2.18. The first-order chi connectivity index (χ1) is 14.9. The molecule has 0 amide bonds. The SMILES string of the molecule is CC1(C)CNc2c(C#N)cc(-c3ccnc(Nc4cc(Cl)ccc4OCCO)n3)cc21. The molecule has 8 heteroatoms. The van der Waals surface area contributed by atoms with E-state index in [2.05, 4.69) is 46.6 Å². The van der Waals surface area contributed by atoms with Crippen LogP contribution in [0.1, 0.15) is 25.0 Å². The fourth-order valence-electron chi connectivity index (χ4n) is 3.59. The van der Waals surface area contributed by atoms with Crippen molar-refractivity contribution in [2.24, 2.45) is 0 Å². The summed E-state index contributed by atoms with van der Waals surface area (Å²) < 4.78 is 5.56. The number of benzene rings is 2. The molecule has 0 saturated carbocycles. The van der Waals surface area contributed by atoms with Crippen molar-refractivity contribution < 1.29 is 9.84 Å². The Kier molecular flexibility index (Phi) is 5.68. The summed E-state index contributed by atoms with van der Waals surface area (Å²) in [6.07, 6.45) is 1.66. The number of nitrogens with one attached hydrogen (secondary N) is 2. The van der Waals surface area contributed by atoms with Crippen LogP contribution in [0, 0.1) is 11.3 Å². The molecule has 2 aromatic carbocycles. The zero-order valence-corrected chi connectivity index (χ0v) is 18.0. The molecule has 31 heavy (non-hydrogen) atoms. The second kappa shape index (κ2) is 8.42. The van der Waals surface area contributed by atoms with Crippen molar-refractivity contribution >= 4 is 28.9 Å². The average molecular weight is 436 g/mol. The molecule has 0 atom stereocenters. The molecule has 3 N–H and O–H groups in total. The first-order valence-electron chi connectivity index (χ1n) is 9.87. The second-order valence-corrected chi connectivity index (χ2v) is 8.34. The molecule has 1 aromatic heterocycles. The van der Waals surface area contributed by atoms with Gasteiger partial charge in [0.2, 0.25) is 5.95 Å². The molecule has 1 aliphatic heterocycles. The van der Waals surface area contributed by atoms with Crippen LogP contribution in [-0.4, -0.2) is 34.8 Å². The smallest absolute Gasteiger partial charge is 0.227 e. The lowest BCUT2D eigenvalue weighted by Gasteiger charge is -2.18. The zero-order valence-electron chi connectivity index (χ0n) is 17.2. The van der Waals surface area contributed by atoms with Gasteiger partial charge in [0.25, 0.3) is 0 Å². The van der Waals surface area contributed by atoms with Crippen LogP contribution >= 0.6 is 11.6 Å². The Balaban J connectivity index is 1.70. The van der Waals surface area contributed by atoms with Gasteiger partial charge in [-0.15, -0.1) is 0 Å². The molecule has 0 bridgehead atoms. The molecule has 158 valence electrons. The van der Waals surface area contributed by atoms with E-state index in [9.17, 15) is 5.26 Å². The van der Waals surface area contributed by atoms with Crippen molar-refractivity contribution in [3.8, 4) is 23.1 Å². The van der Waals surface area contributed by atoms with Crippen molar-refractivity contribution in [3.63, 3.8) is 0 Å². The first kappa shape index (κ1) is 20.9. The third-order valence-electron chi connectivity index (χ3n) is 5.18. The van der Waals surface area contributed by atoms with Crippen LogP contribution < -0.4 is 15.4 Å². The molecule has 0 saturated heterocycles. The van der Waals surface area contributed by atoms with Crippen molar-refractivity contribution in [1.29, 1.82) is 5.26 Å². The third kappa shape index (κ3) is 4.26. The Bertz CT molecular complexity index is 1170. The predicted molar refractivity (Wildman–Crippen MR) is 121 cm³/mol. The molecule has 7 nitrogen and oxygen atoms in total. The first-order valence-corrected chi connectivity index (χ1v) is 10.3. The minimum absolute atomic E-state index is 0.0786. The number of aliphatic hydroxyl groups is 1. The number of nitrogens with zero attached hydrogens (tertiary/aromatic N) is 3. The molecule has 0 spiro atoms. The van der Waals surface area contributed by atoms with Gasteiger partial charge in [-0.25, -0.2) is 9.97 Å². The maximum absolute atomic E-state index is 9.64. The number of aromatic nitrogens is 2. The maximum Gasteiger partial charge on any atom is 0.227 e. The Labute approximate surface area is 185 Å². The van der Waals surface area contributed by atoms with Crippen LogP contribution in [0.5, 0.6) is 5.75 Å². The summed E-state index contributed by atoms with van der Waals surface area (Å²) in [4.78, 5) is 8.95. The Morgan fingerprint density at radius 1 is 1.29 bits per heavy atom. The molecule has 0 aliphatic carbocycles. The second-order valence-electron chi connectivity index (χ2n) is 7.90. The highest BCUT2D eigenvalue weighted by Crippen LogP contribution is 2.41. The Hall–Kier alpha value is -3.34. The fraction of sp³-hybridized carbons (Fsp3) is 0.261. The Morgan fingerprint density at radius 2 is 2.13 bits per heavy atom. The number of aliphatic hydroxyl groups excluding tert-OH is 1. The van der Waals surface area contributed by atoms with E-state index >= 15 is 0 Å². The Morgan fingerprint density at radius 3 is 2.90 bits per heavy atom. The van der Waals surface area contributed by atoms with Crippen LogP contribution in [0.2, 0.25) is 5.02 Å².